The zero-order valence-corrected chi connectivity index (χ0v) is 16.3. The maximum Gasteiger partial charge on any atom is 0.331 e. The molecule has 0 fully saturated rings. The summed E-state index contributed by atoms with van der Waals surface area (Å²) in [5.74, 6) is 0.235. The van der Waals surface area contributed by atoms with Crippen molar-refractivity contribution in [3.8, 4) is 11.5 Å². The van der Waals surface area contributed by atoms with Gasteiger partial charge in [-0.2, -0.15) is 0 Å². The highest BCUT2D eigenvalue weighted by molar-refractivity contribution is 6.31. The second-order valence-electron chi connectivity index (χ2n) is 6.27. The molecule has 1 aliphatic heterocycles. The van der Waals surface area contributed by atoms with Gasteiger partial charge in [-0.1, -0.05) is 23.7 Å². The summed E-state index contributed by atoms with van der Waals surface area (Å²) in [6.07, 6.45) is 1.89. The molecule has 1 aliphatic rings. The Labute approximate surface area is 168 Å². The zero-order valence-electron chi connectivity index (χ0n) is 15.5. The molecule has 0 aromatic heterocycles. The number of aryl methyl sites for hydroxylation is 1. The molecule has 6 nitrogen and oxygen atoms in total. The highest BCUT2D eigenvalue weighted by atomic mass is 35.5. The Balaban J connectivity index is 1.55. The Hall–Kier alpha value is -2.99. The van der Waals surface area contributed by atoms with Crippen LogP contribution < -0.4 is 14.8 Å². The lowest BCUT2D eigenvalue weighted by molar-refractivity contribution is -0.148. The lowest BCUT2D eigenvalue weighted by Crippen LogP contribution is -2.29. The van der Waals surface area contributed by atoms with Gasteiger partial charge in [0.1, 0.15) is 13.2 Å². The molecule has 1 amide bonds. The molecule has 1 N–H and O–H groups in total. The number of nitrogens with one attached hydrogen (secondary N) is 1. The average Bonchev–Trinajstić information content (AvgIpc) is 2.69. The van der Waals surface area contributed by atoms with Crippen LogP contribution in [0, 0.1) is 6.92 Å². The molecule has 146 valence electrons. The molecule has 0 radical (unpaired) electrons. The summed E-state index contributed by atoms with van der Waals surface area (Å²) in [5, 5.41) is 3.21. The summed E-state index contributed by atoms with van der Waals surface area (Å²) in [4.78, 5) is 24.2. The molecule has 2 aromatic rings. The number of benzene rings is 2. The molecule has 3 rings (SSSR count). The first-order chi connectivity index (χ1) is 13.4. The molecular weight excluding hydrogens is 382 g/mol. The standard InChI is InChI=1S/C21H20ClNO5/c1-13-3-6-16(12-17(13)22)23-21(25)14(2)28-20(24)8-5-15-4-7-18-19(11-15)27-10-9-26-18/h3-8,11-12,14H,9-10H2,1-2H3,(H,23,25)/b8-5+. The number of esters is 1. The number of halogens is 1. The van der Waals surface area contributed by atoms with Gasteiger partial charge in [-0.15, -0.1) is 0 Å². The van der Waals surface area contributed by atoms with Crippen LogP contribution in [0.15, 0.2) is 42.5 Å². The van der Waals surface area contributed by atoms with Crippen molar-refractivity contribution in [1.29, 1.82) is 0 Å². The van der Waals surface area contributed by atoms with E-state index < -0.39 is 18.0 Å². The fraction of sp³-hybridized carbons (Fsp3) is 0.238. The van der Waals surface area contributed by atoms with Gasteiger partial charge in [0.2, 0.25) is 0 Å². The third kappa shape index (κ3) is 5.04. The predicted octanol–water partition coefficient (Wildman–Crippen LogP) is 4.00. The molecule has 7 heteroatoms. The van der Waals surface area contributed by atoms with Gasteiger partial charge in [-0.05, 0) is 55.3 Å². The van der Waals surface area contributed by atoms with Crippen LogP contribution in [-0.2, 0) is 14.3 Å². The van der Waals surface area contributed by atoms with E-state index in [0.717, 1.165) is 11.1 Å². The Kier molecular flexibility index (Phi) is 6.21. The average molecular weight is 402 g/mol. The van der Waals surface area contributed by atoms with Crippen LogP contribution in [0.2, 0.25) is 5.02 Å². The fourth-order valence-electron chi connectivity index (χ4n) is 2.51. The second-order valence-corrected chi connectivity index (χ2v) is 6.68. The largest absolute Gasteiger partial charge is 0.486 e. The van der Waals surface area contributed by atoms with Gasteiger partial charge in [0.15, 0.2) is 17.6 Å². The van der Waals surface area contributed by atoms with E-state index in [0.29, 0.717) is 35.4 Å². The monoisotopic (exact) mass is 401 g/mol. The summed E-state index contributed by atoms with van der Waals surface area (Å²) in [6, 6.07) is 10.5. The molecular formula is C21H20ClNO5. The molecule has 1 unspecified atom stereocenters. The van der Waals surface area contributed by atoms with E-state index in [-0.39, 0.29) is 0 Å². The molecule has 28 heavy (non-hydrogen) atoms. The third-order valence-electron chi connectivity index (χ3n) is 4.08. The summed E-state index contributed by atoms with van der Waals surface area (Å²) in [6.45, 7) is 4.37. The summed E-state index contributed by atoms with van der Waals surface area (Å²) in [5.41, 5.74) is 2.20. The number of rotatable bonds is 5. The van der Waals surface area contributed by atoms with Crippen molar-refractivity contribution in [1.82, 2.24) is 0 Å². The number of carbonyl (C=O) groups is 2. The van der Waals surface area contributed by atoms with Crippen molar-refractivity contribution >= 4 is 35.2 Å². The van der Waals surface area contributed by atoms with Gasteiger partial charge in [-0.25, -0.2) is 4.79 Å². The number of amides is 1. The maximum atomic E-state index is 12.2. The number of hydrogen-bond donors (Lipinski definition) is 1. The minimum Gasteiger partial charge on any atom is -0.486 e. The first kappa shape index (κ1) is 19.8. The van der Waals surface area contributed by atoms with E-state index in [9.17, 15) is 9.59 Å². The van der Waals surface area contributed by atoms with Gasteiger partial charge >= 0.3 is 5.97 Å². The van der Waals surface area contributed by atoms with Crippen LogP contribution in [0.1, 0.15) is 18.1 Å². The van der Waals surface area contributed by atoms with Gasteiger partial charge in [-0.3, -0.25) is 4.79 Å². The van der Waals surface area contributed by atoms with Gasteiger partial charge < -0.3 is 19.5 Å². The number of hydrogen-bond acceptors (Lipinski definition) is 5. The molecule has 0 aliphatic carbocycles. The number of carbonyl (C=O) groups excluding carboxylic acids is 2. The van der Waals surface area contributed by atoms with Crippen LogP contribution in [-0.4, -0.2) is 31.2 Å². The third-order valence-corrected chi connectivity index (χ3v) is 4.49. The number of ether oxygens (including phenoxy) is 3. The Morgan fingerprint density at radius 1 is 1.14 bits per heavy atom. The molecule has 2 aromatic carbocycles. The molecule has 1 heterocycles. The van der Waals surface area contributed by atoms with E-state index >= 15 is 0 Å². The van der Waals surface area contributed by atoms with Crippen molar-refractivity contribution in [3.63, 3.8) is 0 Å². The Bertz CT molecular complexity index is 925. The van der Waals surface area contributed by atoms with Crippen LogP contribution in [0.3, 0.4) is 0 Å². The van der Waals surface area contributed by atoms with E-state index in [2.05, 4.69) is 5.32 Å². The first-order valence-electron chi connectivity index (χ1n) is 8.78. The topological polar surface area (TPSA) is 73.9 Å². The molecule has 0 spiro atoms. The van der Waals surface area contributed by atoms with E-state index in [4.69, 9.17) is 25.8 Å². The molecule has 0 bridgehead atoms. The number of anilines is 1. The van der Waals surface area contributed by atoms with Crippen LogP contribution in [0.5, 0.6) is 11.5 Å². The van der Waals surface area contributed by atoms with E-state index in [1.807, 2.05) is 6.92 Å². The summed E-state index contributed by atoms with van der Waals surface area (Å²) in [7, 11) is 0. The van der Waals surface area contributed by atoms with E-state index in [1.165, 1.54) is 13.0 Å². The van der Waals surface area contributed by atoms with Crippen LogP contribution >= 0.6 is 11.6 Å². The maximum absolute atomic E-state index is 12.2. The smallest absolute Gasteiger partial charge is 0.331 e. The van der Waals surface area contributed by atoms with Crippen molar-refractivity contribution in [2.45, 2.75) is 20.0 Å². The van der Waals surface area contributed by atoms with Crippen LogP contribution in [0.4, 0.5) is 5.69 Å². The molecule has 1 atom stereocenters. The van der Waals surface area contributed by atoms with Crippen molar-refractivity contribution in [3.05, 3.63) is 58.6 Å². The SMILES string of the molecule is Cc1ccc(NC(=O)C(C)OC(=O)/C=C/c2ccc3c(c2)OCCO3)cc1Cl. The lowest BCUT2D eigenvalue weighted by atomic mass is 10.2. The normalized spacial score (nSPS) is 13.8. The Morgan fingerprint density at radius 2 is 1.89 bits per heavy atom. The van der Waals surface area contributed by atoms with Crippen molar-refractivity contribution < 1.29 is 23.8 Å². The van der Waals surface area contributed by atoms with E-state index in [1.54, 1.807) is 42.5 Å². The minimum atomic E-state index is -0.961. The first-order valence-corrected chi connectivity index (χ1v) is 9.15. The lowest BCUT2D eigenvalue weighted by Gasteiger charge is -2.18. The highest BCUT2D eigenvalue weighted by Crippen LogP contribution is 2.31. The minimum absolute atomic E-state index is 0.444. The Morgan fingerprint density at radius 3 is 2.64 bits per heavy atom. The van der Waals surface area contributed by atoms with Crippen molar-refractivity contribution in [2.24, 2.45) is 0 Å². The summed E-state index contributed by atoms with van der Waals surface area (Å²) >= 11 is 6.04. The van der Waals surface area contributed by atoms with Gasteiger partial charge in [0.25, 0.3) is 5.91 Å². The second kappa shape index (κ2) is 8.80. The van der Waals surface area contributed by atoms with Crippen LogP contribution in [0.25, 0.3) is 6.08 Å². The molecule has 0 saturated carbocycles. The van der Waals surface area contributed by atoms with Crippen molar-refractivity contribution in [2.75, 3.05) is 18.5 Å². The highest BCUT2D eigenvalue weighted by Gasteiger charge is 2.17. The van der Waals surface area contributed by atoms with Gasteiger partial charge in [0, 0.05) is 16.8 Å². The van der Waals surface area contributed by atoms with Gasteiger partial charge in [0.05, 0.1) is 0 Å². The molecule has 0 saturated heterocycles. The zero-order chi connectivity index (χ0) is 20.1. The fourth-order valence-corrected chi connectivity index (χ4v) is 2.69. The summed E-state index contributed by atoms with van der Waals surface area (Å²) < 4.78 is 16.1. The predicted molar refractivity (Wildman–Crippen MR) is 107 cm³/mol. The quantitative estimate of drug-likeness (QED) is 0.605. The number of fused-ring (bicyclic) bond motifs is 1.